The summed E-state index contributed by atoms with van der Waals surface area (Å²) in [4.78, 5) is 0. The fourth-order valence-corrected chi connectivity index (χ4v) is 1.54. The Morgan fingerprint density at radius 2 is 0.679 bits per heavy atom. The average molecular weight is 385 g/mol. The molecule has 0 bridgehead atoms. The zero-order valence-electron chi connectivity index (χ0n) is 19.0. The van der Waals surface area contributed by atoms with Gasteiger partial charge in [0.2, 0.25) is 0 Å². The van der Waals surface area contributed by atoms with Crippen LogP contribution in [0, 0.1) is 0 Å². The highest BCUT2D eigenvalue weighted by Gasteiger charge is 1.92. The van der Waals surface area contributed by atoms with Gasteiger partial charge in [0.1, 0.15) is 17.2 Å². The van der Waals surface area contributed by atoms with Crippen LogP contribution < -0.4 is 4.74 Å². The van der Waals surface area contributed by atoms with E-state index in [2.05, 4.69) is 0 Å². The van der Waals surface area contributed by atoms with Crippen LogP contribution >= 0.6 is 0 Å². The van der Waals surface area contributed by atoms with Crippen molar-refractivity contribution >= 4 is 0 Å². The minimum Gasteiger partial charge on any atom is -0.508 e. The zero-order chi connectivity index (χ0) is 22.0. The van der Waals surface area contributed by atoms with Crippen LogP contribution in [0.15, 0.2) is 91.0 Å². The second kappa shape index (κ2) is 26.5. The average Bonchev–Trinajstić information content (AvgIpc) is 2.82. The lowest BCUT2D eigenvalue weighted by atomic mass is 10.3. The molecule has 0 fully saturated rings. The first-order valence-electron chi connectivity index (χ1n) is 10.4. The molecule has 0 amide bonds. The first kappa shape index (κ1) is 30.0. The Balaban J connectivity index is -0.000000355. The van der Waals surface area contributed by atoms with E-state index in [1.54, 1.807) is 24.3 Å². The van der Waals surface area contributed by atoms with E-state index in [-0.39, 0.29) is 0 Å². The maximum atomic E-state index is 8.63. The smallest absolute Gasteiger partial charge is 0.127 e. The number of para-hydroxylation sites is 3. The molecule has 0 aromatic heterocycles. The van der Waals surface area contributed by atoms with Crippen LogP contribution in [0.4, 0.5) is 0 Å². The van der Waals surface area contributed by atoms with Crippen LogP contribution in [-0.4, -0.2) is 5.11 Å². The molecule has 156 valence electrons. The molecule has 0 aliphatic carbocycles. The van der Waals surface area contributed by atoms with Gasteiger partial charge in [-0.15, -0.1) is 0 Å². The van der Waals surface area contributed by atoms with Gasteiger partial charge in [0.15, 0.2) is 0 Å². The van der Waals surface area contributed by atoms with Crippen molar-refractivity contribution in [2.45, 2.75) is 55.4 Å². The molecule has 3 rings (SSSR count). The van der Waals surface area contributed by atoms with Gasteiger partial charge in [0.25, 0.3) is 0 Å². The van der Waals surface area contributed by atoms with Crippen molar-refractivity contribution in [1.82, 2.24) is 0 Å². The fourth-order valence-electron chi connectivity index (χ4n) is 1.54. The molecule has 1 N–H and O–H groups in total. The summed E-state index contributed by atoms with van der Waals surface area (Å²) in [7, 11) is 0. The molecule has 0 unspecified atom stereocenters. The normalized spacial score (nSPS) is 7.43. The molecule has 0 saturated heterocycles. The number of benzene rings is 3. The molecule has 3 aromatic carbocycles. The topological polar surface area (TPSA) is 29.5 Å². The second-order valence-corrected chi connectivity index (χ2v) is 4.06. The van der Waals surface area contributed by atoms with Crippen molar-refractivity contribution in [2.75, 3.05) is 0 Å². The molecule has 28 heavy (non-hydrogen) atoms. The number of rotatable bonds is 2. The molecular weight excluding hydrogens is 344 g/mol. The molecular formula is C26H40O2. The fraction of sp³-hybridized carbons (Fsp3) is 0.308. The van der Waals surface area contributed by atoms with Gasteiger partial charge in [0.05, 0.1) is 0 Å². The van der Waals surface area contributed by atoms with Gasteiger partial charge in [0, 0.05) is 0 Å². The quantitative estimate of drug-likeness (QED) is 0.477. The van der Waals surface area contributed by atoms with Crippen molar-refractivity contribution in [3.63, 3.8) is 0 Å². The van der Waals surface area contributed by atoms with Crippen LogP contribution in [0.25, 0.3) is 0 Å². The molecule has 2 heteroatoms. The standard InChI is InChI=1S/C12H10O.C6H6O.4C2H6/c1-3-7-11(8-4-1)13-12-9-5-2-6-10-12;7-6-4-2-1-3-5-6;4*1-2/h1-10H;1-5,7H;4*1-2H3. The summed E-state index contributed by atoms with van der Waals surface area (Å²) in [6.45, 7) is 16.0. The highest BCUT2D eigenvalue weighted by molar-refractivity contribution is 5.30. The lowest BCUT2D eigenvalue weighted by Crippen LogP contribution is -1.81. The predicted octanol–water partition coefficient (Wildman–Crippen LogP) is 8.98. The van der Waals surface area contributed by atoms with E-state index in [9.17, 15) is 0 Å². The zero-order valence-corrected chi connectivity index (χ0v) is 19.0. The Morgan fingerprint density at radius 1 is 0.429 bits per heavy atom. The Morgan fingerprint density at radius 3 is 0.893 bits per heavy atom. The van der Waals surface area contributed by atoms with Crippen molar-refractivity contribution in [1.29, 1.82) is 0 Å². The molecule has 0 aliphatic rings. The largest absolute Gasteiger partial charge is 0.508 e. The van der Waals surface area contributed by atoms with E-state index in [4.69, 9.17) is 9.84 Å². The van der Waals surface area contributed by atoms with E-state index >= 15 is 0 Å². The SMILES string of the molecule is CC.CC.CC.CC.Oc1ccccc1.c1ccc(Oc2ccccc2)cc1. The number of phenolic OH excluding ortho intramolecular Hbond substituents is 1. The van der Waals surface area contributed by atoms with Gasteiger partial charge in [-0.3, -0.25) is 0 Å². The van der Waals surface area contributed by atoms with E-state index in [0.717, 1.165) is 11.5 Å². The lowest BCUT2D eigenvalue weighted by molar-refractivity contribution is 0.475. The summed E-state index contributed by atoms with van der Waals surface area (Å²) in [6, 6.07) is 28.2. The highest BCUT2D eigenvalue weighted by atomic mass is 16.5. The van der Waals surface area contributed by atoms with Crippen molar-refractivity contribution in [3.05, 3.63) is 91.0 Å². The third kappa shape index (κ3) is 18.1. The van der Waals surface area contributed by atoms with Gasteiger partial charge >= 0.3 is 0 Å². The van der Waals surface area contributed by atoms with E-state index < -0.39 is 0 Å². The van der Waals surface area contributed by atoms with Gasteiger partial charge in [-0.2, -0.15) is 0 Å². The van der Waals surface area contributed by atoms with Crippen LogP contribution in [0.3, 0.4) is 0 Å². The third-order valence-electron chi connectivity index (χ3n) is 2.48. The van der Waals surface area contributed by atoms with Crippen LogP contribution in [0.5, 0.6) is 17.2 Å². The molecule has 0 spiro atoms. The summed E-state index contributed by atoms with van der Waals surface area (Å²) < 4.78 is 5.58. The lowest BCUT2D eigenvalue weighted by Gasteiger charge is -2.03. The number of ether oxygens (including phenoxy) is 1. The van der Waals surface area contributed by atoms with Gasteiger partial charge < -0.3 is 9.84 Å². The summed E-state index contributed by atoms with van der Waals surface area (Å²) in [5, 5.41) is 8.63. The minimum absolute atomic E-state index is 0.322. The highest BCUT2D eigenvalue weighted by Crippen LogP contribution is 2.19. The van der Waals surface area contributed by atoms with Crippen LogP contribution in [0.2, 0.25) is 0 Å². The van der Waals surface area contributed by atoms with E-state index in [0.29, 0.717) is 5.75 Å². The van der Waals surface area contributed by atoms with Crippen molar-refractivity contribution in [3.8, 4) is 17.2 Å². The Labute approximate surface area is 173 Å². The third-order valence-corrected chi connectivity index (χ3v) is 2.48. The summed E-state index contributed by atoms with van der Waals surface area (Å²) in [5.74, 6) is 2.06. The molecule has 2 nitrogen and oxygen atoms in total. The molecule has 0 aliphatic heterocycles. The minimum atomic E-state index is 0.322. The molecule has 0 heterocycles. The first-order valence-corrected chi connectivity index (χ1v) is 10.4. The van der Waals surface area contributed by atoms with E-state index in [1.165, 1.54) is 0 Å². The Kier molecular flexibility index (Phi) is 28.4. The molecule has 0 radical (unpaired) electrons. The number of aromatic hydroxyl groups is 1. The number of phenols is 1. The monoisotopic (exact) mass is 384 g/mol. The van der Waals surface area contributed by atoms with Crippen LogP contribution in [-0.2, 0) is 0 Å². The summed E-state index contributed by atoms with van der Waals surface area (Å²) in [6.07, 6.45) is 0. The second-order valence-electron chi connectivity index (χ2n) is 4.06. The summed E-state index contributed by atoms with van der Waals surface area (Å²) >= 11 is 0. The molecule has 0 saturated carbocycles. The number of hydrogen-bond acceptors (Lipinski definition) is 2. The van der Waals surface area contributed by atoms with Crippen LogP contribution in [0.1, 0.15) is 55.4 Å². The Hall–Kier alpha value is -2.74. The predicted molar refractivity (Wildman–Crippen MR) is 126 cm³/mol. The van der Waals surface area contributed by atoms with Crippen molar-refractivity contribution in [2.24, 2.45) is 0 Å². The maximum absolute atomic E-state index is 8.63. The number of hydrogen-bond donors (Lipinski definition) is 1. The van der Waals surface area contributed by atoms with Gasteiger partial charge in [-0.05, 0) is 36.4 Å². The molecule has 3 aromatic rings. The van der Waals surface area contributed by atoms with Gasteiger partial charge in [-0.1, -0.05) is 110 Å². The Bertz CT molecular complexity index is 556. The van der Waals surface area contributed by atoms with Crippen molar-refractivity contribution < 1.29 is 9.84 Å². The summed E-state index contributed by atoms with van der Waals surface area (Å²) in [5.41, 5.74) is 0. The van der Waals surface area contributed by atoms with Gasteiger partial charge in [-0.25, -0.2) is 0 Å². The maximum Gasteiger partial charge on any atom is 0.127 e. The van der Waals surface area contributed by atoms with E-state index in [1.807, 2.05) is 122 Å². The first-order chi connectivity index (χ1) is 13.8. The molecule has 0 atom stereocenters.